The van der Waals surface area contributed by atoms with E-state index in [1.165, 1.54) is 148 Å². The van der Waals surface area contributed by atoms with E-state index >= 15 is 0 Å². The first-order valence-corrected chi connectivity index (χ1v) is 21.2. The molecule has 0 aromatic carbocycles. The van der Waals surface area contributed by atoms with Crippen molar-refractivity contribution in [2.45, 2.75) is 170 Å². The third-order valence-corrected chi connectivity index (χ3v) is 17.7. The van der Waals surface area contributed by atoms with Gasteiger partial charge in [0.15, 0.2) is 0 Å². The maximum absolute atomic E-state index is 4.65. The number of nitrogens with zero attached hydrogens (tertiary/aromatic N) is 3. The van der Waals surface area contributed by atoms with Gasteiger partial charge in [0, 0.05) is 72.1 Å². The fourth-order valence-corrected chi connectivity index (χ4v) is 16.5. The van der Waals surface area contributed by atoms with Gasteiger partial charge >= 0.3 is 0 Å². The highest BCUT2D eigenvalue weighted by atomic mass is 15.4. The van der Waals surface area contributed by atoms with E-state index in [1.54, 1.807) is 12.8 Å². The third kappa shape index (κ3) is 4.22. The van der Waals surface area contributed by atoms with Gasteiger partial charge in [-0.3, -0.25) is 20.0 Å². The van der Waals surface area contributed by atoms with Crippen molar-refractivity contribution in [3.8, 4) is 0 Å². The minimum Gasteiger partial charge on any atom is -0.313 e. The number of nitrogens with one attached hydrogen (secondary N) is 3. The van der Waals surface area contributed by atoms with Crippen molar-refractivity contribution in [2.75, 3.05) is 39.3 Å². The second kappa shape index (κ2) is 11.1. The van der Waals surface area contributed by atoms with E-state index in [9.17, 15) is 0 Å². The van der Waals surface area contributed by atoms with Crippen LogP contribution in [0.4, 0.5) is 0 Å². The summed E-state index contributed by atoms with van der Waals surface area (Å²) in [5.41, 5.74) is 0.972. The summed E-state index contributed by atoms with van der Waals surface area (Å²) >= 11 is 0. The average Bonchev–Trinajstić information content (AvgIpc) is 3.11. The third-order valence-electron chi connectivity index (χ3n) is 17.7. The molecule has 6 nitrogen and oxygen atoms in total. The van der Waals surface area contributed by atoms with E-state index in [4.69, 9.17) is 0 Å². The maximum atomic E-state index is 4.65. The molecule has 6 heteroatoms. The van der Waals surface area contributed by atoms with Crippen LogP contribution in [0.15, 0.2) is 0 Å². The lowest BCUT2D eigenvalue weighted by Crippen LogP contribution is -2.82. The Balaban J connectivity index is 0.883. The molecule has 3 N–H and O–H groups in total. The molecule has 0 radical (unpaired) electrons. The Morgan fingerprint density at radius 1 is 0.543 bits per heavy atom. The molecule has 9 heterocycles. The highest BCUT2D eigenvalue weighted by Gasteiger charge is 2.66. The number of fused-ring (bicyclic) bond motifs is 12. The molecule has 2 aliphatic carbocycles. The van der Waals surface area contributed by atoms with Crippen LogP contribution in [-0.4, -0.2) is 102 Å². The van der Waals surface area contributed by atoms with Crippen LogP contribution in [0.1, 0.15) is 122 Å². The summed E-state index contributed by atoms with van der Waals surface area (Å²) in [6, 6.07) is 5.62. The zero-order chi connectivity index (χ0) is 30.0. The minimum absolute atomic E-state index is 0.448. The second-order valence-electron chi connectivity index (χ2n) is 19.5. The summed E-state index contributed by atoms with van der Waals surface area (Å²) < 4.78 is 0. The molecule has 11 aliphatic rings. The van der Waals surface area contributed by atoms with Crippen LogP contribution in [0.25, 0.3) is 0 Å². The number of piperidine rings is 8. The second-order valence-corrected chi connectivity index (χ2v) is 19.5. The van der Waals surface area contributed by atoms with Gasteiger partial charge < -0.3 is 10.6 Å². The van der Waals surface area contributed by atoms with Gasteiger partial charge in [-0.2, -0.15) is 0 Å². The van der Waals surface area contributed by atoms with E-state index < -0.39 is 0 Å². The van der Waals surface area contributed by atoms with Gasteiger partial charge in [0.25, 0.3) is 0 Å². The topological polar surface area (TPSA) is 45.8 Å². The number of hydrogen-bond donors (Lipinski definition) is 3. The molecule has 256 valence electrons. The molecule has 11 fully saturated rings. The van der Waals surface area contributed by atoms with Crippen molar-refractivity contribution >= 4 is 0 Å². The zero-order valence-electron chi connectivity index (χ0n) is 29.0. The van der Waals surface area contributed by atoms with Gasteiger partial charge in [-0.15, -0.1) is 0 Å². The van der Waals surface area contributed by atoms with Gasteiger partial charge in [0.05, 0.1) is 6.17 Å². The standard InChI is InChI=1S/C40H66N6/c1-3-17-44-24-39(22-28(32(44)11-1)20-26-8-6-16-41-36(26)39)34-13-5-10-31(42-34)30-14-15-35-40-23-29(33-12-2-4-18-45(33)25-40)21-27-9-7-19-46(37(27)40)38(30)43-35/h26-38,41-43H,1-25H2/t26-,27-,28-,29-,30?,31?,32+,33+,34+,35+,36+,37+,38+,39+,40+/m0/s1. The first kappa shape index (κ1) is 29.5. The Morgan fingerprint density at radius 3 is 2.13 bits per heavy atom. The molecule has 46 heavy (non-hydrogen) atoms. The van der Waals surface area contributed by atoms with Gasteiger partial charge in [0.1, 0.15) is 0 Å². The molecule has 11 rings (SSSR count). The maximum Gasteiger partial charge on any atom is 0.0646 e. The van der Waals surface area contributed by atoms with Crippen molar-refractivity contribution in [3.63, 3.8) is 0 Å². The summed E-state index contributed by atoms with van der Waals surface area (Å²) in [4.78, 5) is 9.26. The lowest BCUT2D eigenvalue weighted by Gasteiger charge is -2.72. The van der Waals surface area contributed by atoms with E-state index in [0.717, 1.165) is 59.8 Å². The van der Waals surface area contributed by atoms with E-state index in [-0.39, 0.29) is 0 Å². The Morgan fingerprint density at radius 2 is 1.28 bits per heavy atom. The highest BCUT2D eigenvalue weighted by Crippen LogP contribution is 2.61. The number of rotatable bonds is 2. The molecule has 9 saturated heterocycles. The molecule has 0 aromatic heterocycles. The molecule has 0 aromatic rings. The zero-order valence-corrected chi connectivity index (χ0v) is 29.0. The highest BCUT2D eigenvalue weighted by molar-refractivity contribution is 5.20. The lowest BCUT2D eigenvalue weighted by atomic mass is 9.50. The molecule has 6 bridgehead atoms. The Labute approximate surface area is 280 Å². The Hall–Kier alpha value is -0.240. The predicted molar refractivity (Wildman–Crippen MR) is 184 cm³/mol. The summed E-state index contributed by atoms with van der Waals surface area (Å²) in [5.74, 6) is 4.64. The van der Waals surface area contributed by atoms with Crippen molar-refractivity contribution in [1.82, 2.24) is 30.7 Å². The van der Waals surface area contributed by atoms with Crippen molar-refractivity contribution < 1.29 is 0 Å². The average molecular weight is 631 g/mol. The smallest absolute Gasteiger partial charge is 0.0646 e. The predicted octanol–water partition coefficient (Wildman–Crippen LogP) is 5.18. The van der Waals surface area contributed by atoms with Gasteiger partial charge in [-0.1, -0.05) is 19.3 Å². The number of hydrogen-bond acceptors (Lipinski definition) is 6. The van der Waals surface area contributed by atoms with Gasteiger partial charge in [-0.05, 0) is 153 Å². The van der Waals surface area contributed by atoms with Crippen LogP contribution in [0.2, 0.25) is 0 Å². The van der Waals surface area contributed by atoms with Crippen molar-refractivity contribution in [1.29, 1.82) is 0 Å². The molecule has 0 amide bonds. The minimum atomic E-state index is 0.448. The van der Waals surface area contributed by atoms with E-state index in [0.29, 0.717) is 29.1 Å². The van der Waals surface area contributed by atoms with Crippen LogP contribution in [-0.2, 0) is 0 Å². The first-order valence-electron chi connectivity index (χ1n) is 21.2. The Kier molecular flexibility index (Phi) is 7.13. The molecule has 9 aliphatic heterocycles. The summed E-state index contributed by atoms with van der Waals surface area (Å²) in [6.07, 6.45) is 28.7. The fourth-order valence-electron chi connectivity index (χ4n) is 16.5. The molecule has 1 spiro atoms. The molecular formula is C40H66N6. The molecule has 2 saturated carbocycles. The van der Waals surface area contributed by atoms with Crippen LogP contribution >= 0.6 is 0 Å². The van der Waals surface area contributed by atoms with E-state index in [1.807, 2.05) is 0 Å². The summed E-state index contributed by atoms with van der Waals surface area (Å²) in [7, 11) is 0. The Bertz CT molecular complexity index is 1160. The lowest BCUT2D eigenvalue weighted by molar-refractivity contribution is -0.211. The molecule has 15 atom stereocenters. The first-order chi connectivity index (χ1) is 22.7. The normalized spacial score (nSPS) is 57.0. The quantitative estimate of drug-likeness (QED) is 0.391. The summed E-state index contributed by atoms with van der Waals surface area (Å²) in [5, 5.41) is 13.5. The monoisotopic (exact) mass is 631 g/mol. The van der Waals surface area contributed by atoms with Gasteiger partial charge in [0.2, 0.25) is 0 Å². The van der Waals surface area contributed by atoms with Crippen LogP contribution in [0.3, 0.4) is 0 Å². The molecule has 2 unspecified atom stereocenters. The van der Waals surface area contributed by atoms with Crippen molar-refractivity contribution in [3.05, 3.63) is 0 Å². The molecular weight excluding hydrogens is 564 g/mol. The van der Waals surface area contributed by atoms with Crippen LogP contribution < -0.4 is 16.0 Å². The van der Waals surface area contributed by atoms with Crippen LogP contribution in [0, 0.1) is 40.4 Å². The largest absolute Gasteiger partial charge is 0.313 e. The fraction of sp³-hybridized carbons (Fsp3) is 1.00. The van der Waals surface area contributed by atoms with Crippen LogP contribution in [0.5, 0.6) is 0 Å². The van der Waals surface area contributed by atoms with Gasteiger partial charge in [-0.25, -0.2) is 0 Å². The SMILES string of the molecule is C1CN[C@@H]2[C@@H](C1)C[C@H]1C[C@]2([C@H]2CCCC(C3CC[C@H]4N[C@@H]3N3CCC[C@H]5C[C@H]6C[C@]4(CN4CCCC[C@H]64)[C@@H]53)N2)CN2CCCC[C@H]12. The summed E-state index contributed by atoms with van der Waals surface area (Å²) in [6.45, 7) is 8.21. The van der Waals surface area contributed by atoms with E-state index in [2.05, 4.69) is 30.7 Å². The van der Waals surface area contributed by atoms with Crippen molar-refractivity contribution in [2.24, 2.45) is 40.4 Å².